The summed E-state index contributed by atoms with van der Waals surface area (Å²) < 4.78 is 22.6. The SMILES string of the molecule is C[C@@H](NC(=O)CSc1ccc(C(C)(C)C)cc1)c1ccc(S(N)(=O)=O)cc1. The Morgan fingerprint density at radius 1 is 1.07 bits per heavy atom. The van der Waals surface area contributed by atoms with Crippen molar-refractivity contribution in [3.8, 4) is 0 Å². The van der Waals surface area contributed by atoms with E-state index in [1.165, 1.54) is 29.5 Å². The molecule has 2 rings (SSSR count). The maximum atomic E-state index is 12.2. The number of carbonyl (C=O) groups is 1. The smallest absolute Gasteiger partial charge is 0.238 e. The summed E-state index contributed by atoms with van der Waals surface area (Å²) in [5.41, 5.74) is 2.18. The standard InChI is InChI=1S/C20H26N2O3S2/c1-14(15-5-11-18(12-6-15)27(21,24)25)22-19(23)13-26-17-9-7-16(8-10-17)20(2,3)4/h5-12,14H,13H2,1-4H3,(H,22,23)(H2,21,24,25)/t14-/m1/s1. The molecule has 3 N–H and O–H groups in total. The molecule has 0 radical (unpaired) electrons. The van der Waals surface area contributed by atoms with Gasteiger partial charge in [0.2, 0.25) is 15.9 Å². The second kappa shape index (κ2) is 8.46. The molecule has 0 saturated heterocycles. The van der Waals surface area contributed by atoms with E-state index >= 15 is 0 Å². The van der Waals surface area contributed by atoms with Crippen molar-refractivity contribution in [3.63, 3.8) is 0 Å². The van der Waals surface area contributed by atoms with Crippen molar-refractivity contribution in [1.82, 2.24) is 5.32 Å². The van der Waals surface area contributed by atoms with E-state index in [4.69, 9.17) is 5.14 Å². The fourth-order valence-electron chi connectivity index (χ4n) is 2.51. The fraction of sp³-hybridized carbons (Fsp3) is 0.350. The number of thioether (sulfide) groups is 1. The van der Waals surface area contributed by atoms with Crippen molar-refractivity contribution in [1.29, 1.82) is 0 Å². The van der Waals surface area contributed by atoms with Crippen LogP contribution in [0.1, 0.15) is 44.9 Å². The molecule has 5 nitrogen and oxygen atoms in total. The van der Waals surface area contributed by atoms with Gasteiger partial charge in [-0.15, -0.1) is 11.8 Å². The molecule has 0 bridgehead atoms. The minimum atomic E-state index is -3.71. The maximum absolute atomic E-state index is 12.2. The lowest BCUT2D eigenvalue weighted by Gasteiger charge is -2.19. The summed E-state index contributed by atoms with van der Waals surface area (Å²) in [6, 6.07) is 14.2. The molecular formula is C20H26N2O3S2. The Hall–Kier alpha value is -1.83. The van der Waals surface area contributed by atoms with Gasteiger partial charge in [-0.1, -0.05) is 45.0 Å². The van der Waals surface area contributed by atoms with Crippen molar-refractivity contribution in [2.45, 2.75) is 48.9 Å². The predicted octanol–water partition coefficient (Wildman–Crippen LogP) is 3.60. The quantitative estimate of drug-likeness (QED) is 0.717. The van der Waals surface area contributed by atoms with Crippen molar-refractivity contribution in [3.05, 3.63) is 59.7 Å². The minimum absolute atomic E-state index is 0.0547. The molecule has 0 saturated carbocycles. The Morgan fingerprint density at radius 3 is 2.11 bits per heavy atom. The normalized spacial score (nSPS) is 13.2. The average molecular weight is 407 g/mol. The number of amides is 1. The molecule has 0 aliphatic carbocycles. The van der Waals surface area contributed by atoms with Crippen molar-refractivity contribution >= 4 is 27.7 Å². The molecule has 7 heteroatoms. The van der Waals surface area contributed by atoms with Gasteiger partial charge in [0.05, 0.1) is 16.7 Å². The third-order valence-corrected chi connectivity index (χ3v) is 6.12. The average Bonchev–Trinajstić information content (AvgIpc) is 2.59. The zero-order valence-corrected chi connectivity index (χ0v) is 17.7. The first-order valence-electron chi connectivity index (χ1n) is 8.62. The number of nitrogens with one attached hydrogen (secondary N) is 1. The van der Waals surface area contributed by atoms with Gasteiger partial charge >= 0.3 is 0 Å². The number of carbonyl (C=O) groups excluding carboxylic acids is 1. The van der Waals surface area contributed by atoms with Gasteiger partial charge in [-0.3, -0.25) is 4.79 Å². The molecule has 27 heavy (non-hydrogen) atoms. The number of hydrogen-bond acceptors (Lipinski definition) is 4. The first kappa shape index (κ1) is 21.5. The van der Waals surface area contributed by atoms with Crippen LogP contribution in [0.4, 0.5) is 0 Å². The van der Waals surface area contributed by atoms with E-state index in [1.54, 1.807) is 12.1 Å². The van der Waals surface area contributed by atoms with E-state index < -0.39 is 10.0 Å². The molecule has 0 aliphatic heterocycles. The Morgan fingerprint density at radius 2 is 1.63 bits per heavy atom. The second-order valence-electron chi connectivity index (χ2n) is 7.47. The van der Waals surface area contributed by atoms with E-state index in [9.17, 15) is 13.2 Å². The zero-order valence-electron chi connectivity index (χ0n) is 16.0. The summed E-state index contributed by atoms with van der Waals surface area (Å²) >= 11 is 1.48. The molecule has 2 aromatic carbocycles. The summed E-state index contributed by atoms with van der Waals surface area (Å²) in [7, 11) is -3.71. The van der Waals surface area contributed by atoms with Gasteiger partial charge in [0, 0.05) is 4.90 Å². The highest BCUT2D eigenvalue weighted by atomic mass is 32.2. The van der Waals surface area contributed by atoms with Crippen LogP contribution >= 0.6 is 11.8 Å². The summed E-state index contributed by atoms with van der Waals surface area (Å²) in [5, 5.41) is 8.01. The van der Waals surface area contributed by atoms with Crippen LogP contribution in [0.5, 0.6) is 0 Å². The van der Waals surface area contributed by atoms with Crippen LogP contribution in [0.3, 0.4) is 0 Å². The van der Waals surface area contributed by atoms with Gasteiger partial charge in [0.25, 0.3) is 0 Å². The molecule has 2 aromatic rings. The van der Waals surface area contributed by atoms with Crippen molar-refractivity contribution in [2.24, 2.45) is 5.14 Å². The zero-order chi connectivity index (χ0) is 20.2. The minimum Gasteiger partial charge on any atom is -0.349 e. The molecule has 0 spiro atoms. The Kier molecular flexibility index (Phi) is 6.72. The summed E-state index contributed by atoms with van der Waals surface area (Å²) in [6.07, 6.45) is 0. The van der Waals surface area contributed by atoms with Crippen LogP contribution in [0.15, 0.2) is 58.3 Å². The monoisotopic (exact) mass is 406 g/mol. The molecule has 1 amide bonds. The van der Waals surface area contributed by atoms with Gasteiger partial charge in [-0.25, -0.2) is 13.6 Å². The van der Waals surface area contributed by atoms with Crippen LogP contribution in [-0.2, 0) is 20.2 Å². The van der Waals surface area contributed by atoms with Crippen LogP contribution in [-0.4, -0.2) is 20.1 Å². The number of hydrogen-bond donors (Lipinski definition) is 2. The lowest BCUT2D eigenvalue weighted by molar-refractivity contribution is -0.119. The third-order valence-electron chi connectivity index (χ3n) is 4.18. The van der Waals surface area contributed by atoms with Gasteiger partial charge in [-0.2, -0.15) is 0 Å². The highest BCUT2D eigenvalue weighted by Crippen LogP contribution is 2.25. The molecule has 0 aliphatic rings. The number of primary sulfonamides is 1. The topological polar surface area (TPSA) is 89.3 Å². The molecule has 146 valence electrons. The van der Waals surface area contributed by atoms with Crippen LogP contribution in [0, 0.1) is 0 Å². The predicted molar refractivity (Wildman–Crippen MR) is 110 cm³/mol. The first-order chi connectivity index (χ1) is 12.5. The summed E-state index contributed by atoms with van der Waals surface area (Å²) in [4.78, 5) is 13.3. The van der Waals surface area contributed by atoms with Gasteiger partial charge in [0.1, 0.15) is 0 Å². The number of sulfonamides is 1. The van der Waals surface area contributed by atoms with E-state index in [-0.39, 0.29) is 22.3 Å². The Balaban J connectivity index is 1.89. The van der Waals surface area contributed by atoms with E-state index in [1.807, 2.05) is 19.1 Å². The van der Waals surface area contributed by atoms with Crippen LogP contribution in [0.2, 0.25) is 0 Å². The van der Waals surface area contributed by atoms with Gasteiger partial charge in [0.15, 0.2) is 0 Å². The van der Waals surface area contributed by atoms with Crippen LogP contribution in [0.25, 0.3) is 0 Å². The van der Waals surface area contributed by atoms with E-state index in [0.717, 1.165) is 10.5 Å². The van der Waals surface area contributed by atoms with Crippen molar-refractivity contribution < 1.29 is 13.2 Å². The van der Waals surface area contributed by atoms with Gasteiger partial charge < -0.3 is 5.32 Å². The first-order valence-corrected chi connectivity index (χ1v) is 11.2. The third kappa shape index (κ3) is 6.37. The number of nitrogens with two attached hydrogens (primary N) is 1. The second-order valence-corrected chi connectivity index (χ2v) is 10.1. The number of rotatable bonds is 6. The van der Waals surface area contributed by atoms with E-state index in [0.29, 0.717) is 5.75 Å². The molecule has 0 aromatic heterocycles. The number of benzene rings is 2. The van der Waals surface area contributed by atoms with Crippen molar-refractivity contribution in [2.75, 3.05) is 5.75 Å². The molecule has 1 atom stereocenters. The highest BCUT2D eigenvalue weighted by molar-refractivity contribution is 8.00. The van der Waals surface area contributed by atoms with Gasteiger partial charge in [-0.05, 0) is 47.7 Å². The summed E-state index contributed by atoms with van der Waals surface area (Å²) in [5.74, 6) is 0.233. The lowest BCUT2D eigenvalue weighted by atomic mass is 9.87. The molecule has 0 unspecified atom stereocenters. The summed E-state index contributed by atoms with van der Waals surface area (Å²) in [6.45, 7) is 8.35. The molecular weight excluding hydrogens is 380 g/mol. The largest absolute Gasteiger partial charge is 0.349 e. The van der Waals surface area contributed by atoms with Crippen LogP contribution < -0.4 is 10.5 Å². The Bertz CT molecular complexity index is 884. The lowest BCUT2D eigenvalue weighted by Crippen LogP contribution is -2.28. The molecule has 0 heterocycles. The van der Waals surface area contributed by atoms with E-state index in [2.05, 4.69) is 38.2 Å². The Labute approximate surface area is 165 Å². The molecule has 0 fully saturated rings. The maximum Gasteiger partial charge on any atom is 0.238 e. The fourth-order valence-corrected chi connectivity index (χ4v) is 3.74. The highest BCUT2D eigenvalue weighted by Gasteiger charge is 2.14.